The second-order valence-electron chi connectivity index (χ2n) is 4.59. The Bertz CT molecular complexity index is 252. The van der Waals surface area contributed by atoms with Crippen molar-refractivity contribution in [3.05, 3.63) is 0 Å². The lowest BCUT2D eigenvalue weighted by Gasteiger charge is -2.28. The Kier molecular flexibility index (Phi) is 5.85. The molecule has 2 amide bonds. The summed E-state index contributed by atoms with van der Waals surface area (Å²) in [5.74, 6) is -0.831. The number of amides is 2. The highest BCUT2D eigenvalue weighted by atomic mass is 16.4. The normalized spacial score (nSPS) is 11.0. The summed E-state index contributed by atoms with van der Waals surface area (Å²) in [5.41, 5.74) is -0.224. The van der Waals surface area contributed by atoms with Crippen molar-refractivity contribution in [2.45, 2.75) is 45.6 Å². The lowest BCUT2D eigenvalue weighted by atomic mass is 10.0. The Balaban J connectivity index is 3.95. The maximum absolute atomic E-state index is 11.7. The molecule has 0 aromatic carbocycles. The first-order chi connectivity index (χ1) is 7.28. The van der Waals surface area contributed by atoms with Gasteiger partial charge in [-0.3, -0.25) is 4.79 Å². The van der Waals surface area contributed by atoms with Gasteiger partial charge < -0.3 is 15.3 Å². The highest BCUT2D eigenvalue weighted by molar-refractivity contribution is 5.74. The zero-order valence-electron chi connectivity index (χ0n) is 10.5. The van der Waals surface area contributed by atoms with Gasteiger partial charge in [0.05, 0.1) is 0 Å². The molecule has 0 saturated heterocycles. The van der Waals surface area contributed by atoms with E-state index in [1.54, 1.807) is 7.05 Å². The number of aliphatic carboxylic acids is 1. The number of nitrogens with zero attached hydrogens (tertiary/aromatic N) is 1. The van der Waals surface area contributed by atoms with E-state index in [1.165, 1.54) is 4.90 Å². The average molecular weight is 230 g/mol. The Hall–Kier alpha value is -1.26. The van der Waals surface area contributed by atoms with Crippen LogP contribution in [0.15, 0.2) is 0 Å². The molecule has 0 aliphatic heterocycles. The molecule has 16 heavy (non-hydrogen) atoms. The fraction of sp³-hybridized carbons (Fsp3) is 0.818. The van der Waals surface area contributed by atoms with E-state index >= 15 is 0 Å². The van der Waals surface area contributed by atoms with Crippen LogP contribution in [0.5, 0.6) is 0 Å². The molecular formula is C11H22N2O3. The monoisotopic (exact) mass is 230 g/mol. The lowest BCUT2D eigenvalue weighted by Crippen LogP contribution is -2.48. The summed E-state index contributed by atoms with van der Waals surface area (Å²) < 4.78 is 0. The maximum atomic E-state index is 11.7. The molecule has 0 spiro atoms. The van der Waals surface area contributed by atoms with Crippen molar-refractivity contribution in [3.8, 4) is 0 Å². The van der Waals surface area contributed by atoms with E-state index in [9.17, 15) is 9.59 Å². The number of nitrogens with one attached hydrogen (secondary N) is 1. The average Bonchev–Trinajstić information content (AvgIpc) is 2.16. The van der Waals surface area contributed by atoms with Crippen molar-refractivity contribution < 1.29 is 14.7 Å². The van der Waals surface area contributed by atoms with E-state index < -0.39 is 5.97 Å². The molecule has 0 aromatic heterocycles. The van der Waals surface area contributed by atoms with Gasteiger partial charge in [0, 0.05) is 25.6 Å². The van der Waals surface area contributed by atoms with Crippen molar-refractivity contribution in [1.82, 2.24) is 10.2 Å². The van der Waals surface area contributed by atoms with Gasteiger partial charge >= 0.3 is 12.0 Å². The summed E-state index contributed by atoms with van der Waals surface area (Å²) in [4.78, 5) is 23.5. The number of carboxylic acids is 1. The number of carboxylic acid groups (broad SMARTS) is 1. The summed E-state index contributed by atoms with van der Waals surface area (Å²) in [6.07, 6.45) is 1.42. The van der Waals surface area contributed by atoms with E-state index in [0.29, 0.717) is 13.0 Å². The van der Waals surface area contributed by atoms with Crippen LogP contribution in [0.2, 0.25) is 0 Å². The van der Waals surface area contributed by atoms with Crippen LogP contribution in [0.3, 0.4) is 0 Å². The summed E-state index contributed by atoms with van der Waals surface area (Å²) in [5, 5.41) is 11.4. The Morgan fingerprint density at radius 3 is 2.38 bits per heavy atom. The molecule has 0 aliphatic rings. The lowest BCUT2D eigenvalue weighted by molar-refractivity contribution is -0.137. The molecule has 0 aliphatic carbocycles. The third-order valence-electron chi connectivity index (χ3n) is 2.56. The summed E-state index contributed by atoms with van der Waals surface area (Å²) >= 11 is 0. The second-order valence-corrected chi connectivity index (χ2v) is 4.59. The van der Waals surface area contributed by atoms with Crippen LogP contribution < -0.4 is 5.32 Å². The van der Waals surface area contributed by atoms with Crippen LogP contribution >= 0.6 is 0 Å². The molecule has 0 fully saturated rings. The first-order valence-electron chi connectivity index (χ1n) is 5.53. The Labute approximate surface area is 96.8 Å². The maximum Gasteiger partial charge on any atom is 0.317 e. The highest BCUT2D eigenvalue weighted by Gasteiger charge is 2.19. The van der Waals surface area contributed by atoms with Crippen molar-refractivity contribution >= 4 is 12.0 Å². The van der Waals surface area contributed by atoms with E-state index in [-0.39, 0.29) is 18.0 Å². The molecule has 0 unspecified atom stereocenters. The molecule has 5 heteroatoms. The fourth-order valence-corrected chi connectivity index (χ4v) is 1.04. The van der Waals surface area contributed by atoms with Crippen LogP contribution in [0, 0.1) is 0 Å². The molecule has 2 N–H and O–H groups in total. The van der Waals surface area contributed by atoms with E-state index in [1.807, 2.05) is 20.8 Å². The minimum absolute atomic E-state index is 0.0921. The molecule has 5 nitrogen and oxygen atoms in total. The van der Waals surface area contributed by atoms with E-state index in [2.05, 4.69) is 5.32 Å². The Morgan fingerprint density at radius 1 is 1.38 bits per heavy atom. The summed E-state index contributed by atoms with van der Waals surface area (Å²) in [6.45, 7) is 6.37. The van der Waals surface area contributed by atoms with Gasteiger partial charge in [-0.2, -0.15) is 0 Å². The topological polar surface area (TPSA) is 69.6 Å². The number of carbonyl (C=O) groups is 2. The number of hydrogen-bond donors (Lipinski definition) is 2. The van der Waals surface area contributed by atoms with E-state index in [0.717, 1.165) is 6.42 Å². The van der Waals surface area contributed by atoms with Gasteiger partial charge in [-0.05, 0) is 26.7 Å². The van der Waals surface area contributed by atoms with E-state index in [4.69, 9.17) is 5.11 Å². The first-order valence-corrected chi connectivity index (χ1v) is 5.53. The van der Waals surface area contributed by atoms with Gasteiger partial charge in [0.2, 0.25) is 0 Å². The molecule has 0 saturated carbocycles. The third-order valence-corrected chi connectivity index (χ3v) is 2.56. The molecule has 0 rings (SSSR count). The van der Waals surface area contributed by atoms with Gasteiger partial charge in [0.15, 0.2) is 0 Å². The Morgan fingerprint density at radius 2 is 1.94 bits per heavy atom. The molecule has 94 valence electrons. The summed E-state index contributed by atoms with van der Waals surface area (Å²) in [6, 6.07) is -0.155. The number of urea groups is 1. The van der Waals surface area contributed by atoms with Crippen LogP contribution in [0.1, 0.15) is 40.0 Å². The third kappa shape index (κ3) is 6.27. The van der Waals surface area contributed by atoms with Gasteiger partial charge in [0.1, 0.15) is 0 Å². The molecule has 0 atom stereocenters. The van der Waals surface area contributed by atoms with Crippen LogP contribution in [0.25, 0.3) is 0 Å². The molecule has 0 heterocycles. The van der Waals surface area contributed by atoms with Crippen molar-refractivity contribution in [2.24, 2.45) is 0 Å². The standard InChI is InChI=1S/C11H22N2O3/c1-5-11(2,3)12-10(16)13(4)8-6-7-9(14)15/h5-8H2,1-4H3,(H,12,16)(H,14,15). The number of rotatable bonds is 6. The van der Waals surface area contributed by atoms with Gasteiger partial charge in [-0.15, -0.1) is 0 Å². The minimum Gasteiger partial charge on any atom is -0.481 e. The minimum atomic E-state index is -0.831. The van der Waals surface area contributed by atoms with Gasteiger partial charge in [0.25, 0.3) is 0 Å². The van der Waals surface area contributed by atoms with Crippen LogP contribution in [-0.4, -0.2) is 41.1 Å². The zero-order valence-corrected chi connectivity index (χ0v) is 10.5. The number of hydrogen-bond acceptors (Lipinski definition) is 2. The predicted molar refractivity (Wildman–Crippen MR) is 62.4 cm³/mol. The molecule has 0 bridgehead atoms. The van der Waals surface area contributed by atoms with Gasteiger partial charge in [-0.1, -0.05) is 6.92 Å². The van der Waals surface area contributed by atoms with Gasteiger partial charge in [-0.25, -0.2) is 4.79 Å². The summed E-state index contributed by atoms with van der Waals surface area (Å²) in [7, 11) is 1.67. The van der Waals surface area contributed by atoms with Crippen molar-refractivity contribution in [2.75, 3.05) is 13.6 Å². The quantitative estimate of drug-likeness (QED) is 0.729. The fourth-order valence-electron chi connectivity index (χ4n) is 1.04. The van der Waals surface area contributed by atoms with Crippen molar-refractivity contribution in [1.29, 1.82) is 0 Å². The smallest absolute Gasteiger partial charge is 0.317 e. The molecule has 0 aromatic rings. The van der Waals surface area contributed by atoms with Crippen LogP contribution in [-0.2, 0) is 4.79 Å². The highest BCUT2D eigenvalue weighted by Crippen LogP contribution is 2.07. The second kappa shape index (κ2) is 6.35. The molecule has 0 radical (unpaired) electrons. The van der Waals surface area contributed by atoms with Crippen molar-refractivity contribution in [3.63, 3.8) is 0 Å². The zero-order chi connectivity index (χ0) is 12.8. The largest absolute Gasteiger partial charge is 0.481 e. The molecular weight excluding hydrogens is 208 g/mol. The SMILES string of the molecule is CCC(C)(C)NC(=O)N(C)CCCC(=O)O. The number of carbonyl (C=O) groups excluding carboxylic acids is 1. The van der Waals surface area contributed by atoms with Crippen LogP contribution in [0.4, 0.5) is 4.79 Å². The predicted octanol–water partition coefficient (Wildman–Crippen LogP) is 1.68. The first kappa shape index (κ1) is 14.7.